The Labute approximate surface area is 151 Å². The highest BCUT2D eigenvalue weighted by Crippen LogP contribution is 2.31. The summed E-state index contributed by atoms with van der Waals surface area (Å²) in [5.41, 5.74) is 6.96. The smallest absolute Gasteiger partial charge is 0.416 e. The predicted molar refractivity (Wildman–Crippen MR) is 94.6 cm³/mol. The quantitative estimate of drug-likeness (QED) is 0.697. The van der Waals surface area contributed by atoms with Crippen LogP contribution in [0.3, 0.4) is 0 Å². The fourth-order valence-electron chi connectivity index (χ4n) is 2.75. The minimum absolute atomic E-state index is 0.274. The van der Waals surface area contributed by atoms with Crippen LogP contribution in [0.25, 0.3) is 11.1 Å². The number of primary amides is 1. The lowest BCUT2D eigenvalue weighted by atomic mass is 9.99. The maximum absolute atomic E-state index is 12.6. The van der Waals surface area contributed by atoms with Crippen LogP contribution in [-0.4, -0.2) is 12.2 Å². The second kappa shape index (κ2) is 8.74. The van der Waals surface area contributed by atoms with Gasteiger partial charge in [-0.05, 0) is 35.2 Å². The first-order valence-electron chi connectivity index (χ1n) is 8.52. The van der Waals surface area contributed by atoms with Crippen molar-refractivity contribution in [2.75, 3.05) is 0 Å². The van der Waals surface area contributed by atoms with E-state index in [1.165, 1.54) is 12.1 Å². The largest absolute Gasteiger partial charge is 0.446 e. The Morgan fingerprint density at radius 3 is 2.04 bits per heavy atom. The molecule has 26 heavy (non-hydrogen) atoms. The van der Waals surface area contributed by atoms with Crippen LogP contribution in [0.15, 0.2) is 48.5 Å². The molecular formula is C20H22F3NO2. The summed E-state index contributed by atoms with van der Waals surface area (Å²) in [7, 11) is 0. The molecule has 0 spiro atoms. The van der Waals surface area contributed by atoms with Crippen LogP contribution < -0.4 is 5.73 Å². The van der Waals surface area contributed by atoms with Gasteiger partial charge in [-0.1, -0.05) is 56.2 Å². The van der Waals surface area contributed by atoms with Crippen LogP contribution >= 0.6 is 0 Å². The van der Waals surface area contributed by atoms with E-state index in [1.54, 1.807) is 0 Å². The standard InChI is InChI=1S/C20H22F3NO2/c1-2-3-4-18(26-19(24)25)13-14-5-7-15(8-6-14)16-9-11-17(12-10-16)20(21,22)23/h5-12,18H,2-4,13H2,1H3,(H2,24,25)/t18-/m0/s1. The van der Waals surface area contributed by atoms with E-state index in [0.717, 1.165) is 42.5 Å². The topological polar surface area (TPSA) is 52.3 Å². The third-order valence-electron chi connectivity index (χ3n) is 4.13. The minimum atomic E-state index is -4.34. The lowest BCUT2D eigenvalue weighted by molar-refractivity contribution is -0.137. The molecule has 0 aliphatic heterocycles. The molecule has 0 saturated carbocycles. The van der Waals surface area contributed by atoms with Gasteiger partial charge in [0.2, 0.25) is 0 Å². The van der Waals surface area contributed by atoms with Gasteiger partial charge in [0.15, 0.2) is 0 Å². The molecule has 0 bridgehead atoms. The molecule has 0 aromatic heterocycles. The molecule has 0 fully saturated rings. The van der Waals surface area contributed by atoms with Gasteiger partial charge < -0.3 is 10.5 Å². The molecule has 2 rings (SSSR count). The summed E-state index contributed by atoms with van der Waals surface area (Å²) in [6.07, 6.45) is -2.18. The van der Waals surface area contributed by atoms with Crippen LogP contribution in [0.4, 0.5) is 18.0 Å². The van der Waals surface area contributed by atoms with E-state index in [2.05, 4.69) is 6.92 Å². The van der Waals surface area contributed by atoms with Gasteiger partial charge in [0.25, 0.3) is 0 Å². The van der Waals surface area contributed by atoms with Gasteiger partial charge in [0, 0.05) is 6.42 Å². The van der Waals surface area contributed by atoms with Crippen molar-refractivity contribution in [3.8, 4) is 11.1 Å². The number of halogens is 3. The third-order valence-corrected chi connectivity index (χ3v) is 4.13. The number of hydrogen-bond acceptors (Lipinski definition) is 2. The summed E-state index contributed by atoms with van der Waals surface area (Å²) in [4.78, 5) is 11.0. The predicted octanol–water partition coefficient (Wildman–Crippen LogP) is 5.57. The van der Waals surface area contributed by atoms with E-state index in [-0.39, 0.29) is 6.10 Å². The van der Waals surface area contributed by atoms with Gasteiger partial charge >= 0.3 is 12.3 Å². The monoisotopic (exact) mass is 365 g/mol. The van der Waals surface area contributed by atoms with Crippen molar-refractivity contribution >= 4 is 6.09 Å². The van der Waals surface area contributed by atoms with Gasteiger partial charge in [-0.3, -0.25) is 0 Å². The highest BCUT2D eigenvalue weighted by molar-refractivity contribution is 5.65. The van der Waals surface area contributed by atoms with Crippen molar-refractivity contribution in [2.45, 2.75) is 44.9 Å². The first-order valence-corrected chi connectivity index (χ1v) is 8.52. The third kappa shape index (κ3) is 5.79. The fourth-order valence-corrected chi connectivity index (χ4v) is 2.75. The molecule has 140 valence electrons. The Morgan fingerprint density at radius 2 is 1.58 bits per heavy atom. The zero-order valence-corrected chi connectivity index (χ0v) is 14.6. The zero-order valence-electron chi connectivity index (χ0n) is 14.6. The summed E-state index contributed by atoms with van der Waals surface area (Å²) in [6, 6.07) is 12.5. The summed E-state index contributed by atoms with van der Waals surface area (Å²) in [5.74, 6) is 0. The number of hydrogen-bond donors (Lipinski definition) is 1. The van der Waals surface area contributed by atoms with Crippen molar-refractivity contribution in [1.29, 1.82) is 0 Å². The molecule has 0 saturated heterocycles. The normalized spacial score (nSPS) is 12.6. The van der Waals surface area contributed by atoms with Gasteiger partial charge in [-0.2, -0.15) is 13.2 Å². The average Bonchev–Trinajstić information content (AvgIpc) is 2.59. The number of ether oxygens (including phenoxy) is 1. The highest BCUT2D eigenvalue weighted by Gasteiger charge is 2.29. The molecule has 0 aliphatic rings. The van der Waals surface area contributed by atoms with Crippen LogP contribution in [0.1, 0.15) is 37.3 Å². The van der Waals surface area contributed by atoms with Crippen molar-refractivity contribution < 1.29 is 22.7 Å². The van der Waals surface area contributed by atoms with Crippen molar-refractivity contribution in [1.82, 2.24) is 0 Å². The molecular weight excluding hydrogens is 343 g/mol. The second-order valence-electron chi connectivity index (χ2n) is 6.18. The molecule has 2 N–H and O–H groups in total. The summed E-state index contributed by atoms with van der Waals surface area (Å²) in [5, 5.41) is 0. The fraction of sp³-hybridized carbons (Fsp3) is 0.350. The zero-order chi connectivity index (χ0) is 19.2. The van der Waals surface area contributed by atoms with Crippen LogP contribution in [0.2, 0.25) is 0 Å². The Kier molecular flexibility index (Phi) is 6.66. The first-order chi connectivity index (χ1) is 12.3. The Bertz CT molecular complexity index is 709. The molecule has 0 aliphatic carbocycles. The summed E-state index contributed by atoms with van der Waals surface area (Å²) in [6.45, 7) is 2.06. The number of amides is 1. The van der Waals surface area contributed by atoms with Crippen LogP contribution in [0, 0.1) is 0 Å². The van der Waals surface area contributed by atoms with Gasteiger partial charge in [0.1, 0.15) is 6.10 Å². The number of carbonyl (C=O) groups is 1. The molecule has 0 radical (unpaired) electrons. The van der Waals surface area contributed by atoms with Gasteiger partial charge in [-0.25, -0.2) is 4.79 Å². The van der Waals surface area contributed by atoms with Crippen molar-refractivity contribution in [3.63, 3.8) is 0 Å². The first kappa shape index (κ1) is 19.8. The molecule has 1 atom stereocenters. The minimum Gasteiger partial charge on any atom is -0.446 e. The van der Waals surface area contributed by atoms with Crippen LogP contribution in [0.5, 0.6) is 0 Å². The SMILES string of the molecule is CCCC[C@@H](Cc1ccc(-c2ccc(C(F)(F)F)cc2)cc1)OC(N)=O. The lowest BCUT2D eigenvalue weighted by Crippen LogP contribution is -2.24. The van der Waals surface area contributed by atoms with E-state index < -0.39 is 17.8 Å². The molecule has 1 amide bonds. The highest BCUT2D eigenvalue weighted by atomic mass is 19.4. The number of rotatable bonds is 7. The second-order valence-corrected chi connectivity index (χ2v) is 6.18. The average molecular weight is 365 g/mol. The van der Waals surface area contributed by atoms with Crippen molar-refractivity contribution in [3.05, 3.63) is 59.7 Å². The molecule has 0 unspecified atom stereocenters. The molecule has 2 aromatic carbocycles. The number of nitrogens with two attached hydrogens (primary N) is 1. The Morgan fingerprint density at radius 1 is 1.04 bits per heavy atom. The number of unbranched alkanes of at least 4 members (excludes halogenated alkanes) is 1. The van der Waals surface area contributed by atoms with E-state index >= 15 is 0 Å². The number of alkyl halides is 3. The number of benzene rings is 2. The maximum Gasteiger partial charge on any atom is 0.416 e. The Hall–Kier alpha value is -2.50. The summed E-state index contributed by atoms with van der Waals surface area (Å²) < 4.78 is 43.0. The number of carbonyl (C=O) groups excluding carboxylic acids is 1. The maximum atomic E-state index is 12.6. The van der Waals surface area contributed by atoms with E-state index in [1.807, 2.05) is 24.3 Å². The van der Waals surface area contributed by atoms with E-state index in [9.17, 15) is 18.0 Å². The van der Waals surface area contributed by atoms with Gasteiger partial charge in [0.05, 0.1) is 5.56 Å². The van der Waals surface area contributed by atoms with Crippen LogP contribution in [-0.2, 0) is 17.3 Å². The summed E-state index contributed by atoms with van der Waals surface area (Å²) >= 11 is 0. The molecule has 6 heteroatoms. The van der Waals surface area contributed by atoms with E-state index in [4.69, 9.17) is 10.5 Å². The molecule has 0 heterocycles. The molecule has 2 aromatic rings. The van der Waals surface area contributed by atoms with Crippen molar-refractivity contribution in [2.24, 2.45) is 5.73 Å². The van der Waals surface area contributed by atoms with Gasteiger partial charge in [-0.15, -0.1) is 0 Å². The van der Waals surface area contributed by atoms with E-state index in [0.29, 0.717) is 12.0 Å². The lowest BCUT2D eigenvalue weighted by Gasteiger charge is -2.16. The Balaban J connectivity index is 2.08. The molecule has 3 nitrogen and oxygen atoms in total.